The van der Waals surface area contributed by atoms with Gasteiger partial charge in [-0.3, -0.25) is 4.79 Å². The topological polar surface area (TPSA) is 51.7 Å². The highest BCUT2D eigenvalue weighted by Gasteiger charge is 2.25. The van der Waals surface area contributed by atoms with Crippen molar-refractivity contribution in [1.82, 2.24) is 9.88 Å². The first-order chi connectivity index (χ1) is 12.3. The Morgan fingerprint density at radius 2 is 2.00 bits per heavy atom. The summed E-state index contributed by atoms with van der Waals surface area (Å²) in [6.45, 7) is 1.84. The number of hydrogen-bond donors (Lipinski definition) is 0. The summed E-state index contributed by atoms with van der Waals surface area (Å²) < 4.78 is 10.7. The van der Waals surface area contributed by atoms with Gasteiger partial charge >= 0.3 is 0 Å². The average Bonchev–Trinajstić information content (AvgIpc) is 3.15. The first kappa shape index (κ1) is 16.3. The molecule has 0 bridgehead atoms. The number of rotatable bonds is 4. The van der Waals surface area contributed by atoms with Crippen LogP contribution >= 0.6 is 11.8 Å². The van der Waals surface area contributed by atoms with Crippen LogP contribution in [0.1, 0.15) is 23.2 Å². The van der Waals surface area contributed by atoms with Crippen LogP contribution in [0.15, 0.2) is 47.6 Å². The molecular weight excluding hydrogens is 336 g/mol. The summed E-state index contributed by atoms with van der Waals surface area (Å²) in [6.07, 6.45) is 3.90. The minimum atomic E-state index is 0.0779. The molecule has 2 aliphatic rings. The highest BCUT2D eigenvalue weighted by molar-refractivity contribution is 7.99. The molecular formula is C19H20N2O3S. The van der Waals surface area contributed by atoms with Gasteiger partial charge in [0.2, 0.25) is 6.79 Å². The number of piperidine rings is 1. The Morgan fingerprint density at radius 3 is 2.80 bits per heavy atom. The van der Waals surface area contributed by atoms with Gasteiger partial charge in [-0.2, -0.15) is 0 Å². The Balaban J connectivity index is 1.30. The van der Waals surface area contributed by atoms with E-state index in [4.69, 9.17) is 9.47 Å². The quantitative estimate of drug-likeness (QED) is 0.786. The van der Waals surface area contributed by atoms with Crippen LogP contribution in [-0.2, 0) is 0 Å². The zero-order valence-electron chi connectivity index (χ0n) is 13.9. The molecule has 1 amide bonds. The van der Waals surface area contributed by atoms with Crippen LogP contribution in [0.3, 0.4) is 0 Å². The van der Waals surface area contributed by atoms with Crippen molar-refractivity contribution in [2.75, 3.05) is 25.6 Å². The van der Waals surface area contributed by atoms with E-state index < -0.39 is 0 Å². The maximum Gasteiger partial charge on any atom is 0.253 e. The normalized spacial score (nSPS) is 16.9. The summed E-state index contributed by atoms with van der Waals surface area (Å²) in [4.78, 5) is 19.0. The molecule has 1 aromatic heterocycles. The Labute approximate surface area is 151 Å². The van der Waals surface area contributed by atoms with Crippen molar-refractivity contribution in [3.8, 4) is 11.5 Å². The van der Waals surface area contributed by atoms with E-state index in [1.807, 2.05) is 41.4 Å². The van der Waals surface area contributed by atoms with E-state index >= 15 is 0 Å². The van der Waals surface area contributed by atoms with Crippen LogP contribution in [0.5, 0.6) is 11.5 Å². The molecule has 4 rings (SSSR count). The standard InChI is InChI=1S/C19H20N2O3S/c22-19(15-4-5-16-17(11-15)24-13-23-16)21-9-6-14(7-10-21)12-25-18-3-1-2-8-20-18/h1-5,8,11,14H,6-7,9-10,12-13H2. The lowest BCUT2D eigenvalue weighted by Gasteiger charge is -2.32. The molecule has 5 nitrogen and oxygen atoms in total. The highest BCUT2D eigenvalue weighted by atomic mass is 32.2. The van der Waals surface area contributed by atoms with E-state index in [0.717, 1.165) is 36.7 Å². The molecule has 6 heteroatoms. The summed E-state index contributed by atoms with van der Waals surface area (Å²) in [5, 5.41) is 1.07. The third-order valence-corrected chi connectivity index (χ3v) is 5.80. The fourth-order valence-electron chi connectivity index (χ4n) is 3.15. The molecule has 2 aromatic rings. The number of thioether (sulfide) groups is 1. The minimum absolute atomic E-state index is 0.0779. The Hall–Kier alpha value is -2.21. The summed E-state index contributed by atoms with van der Waals surface area (Å²) in [6, 6.07) is 11.4. The van der Waals surface area contributed by atoms with E-state index in [9.17, 15) is 4.79 Å². The van der Waals surface area contributed by atoms with Crippen molar-refractivity contribution < 1.29 is 14.3 Å². The van der Waals surface area contributed by atoms with E-state index in [1.165, 1.54) is 0 Å². The van der Waals surface area contributed by atoms with Gasteiger partial charge in [-0.25, -0.2) is 4.98 Å². The third kappa shape index (κ3) is 3.74. The average molecular weight is 356 g/mol. The molecule has 25 heavy (non-hydrogen) atoms. The number of pyridine rings is 1. The van der Waals surface area contributed by atoms with E-state index in [-0.39, 0.29) is 12.7 Å². The molecule has 1 fully saturated rings. The molecule has 0 spiro atoms. The van der Waals surface area contributed by atoms with Crippen molar-refractivity contribution in [3.63, 3.8) is 0 Å². The number of nitrogens with zero attached hydrogens (tertiary/aromatic N) is 2. The minimum Gasteiger partial charge on any atom is -0.454 e. The molecule has 0 unspecified atom stereocenters. The first-order valence-corrected chi connectivity index (χ1v) is 9.51. The van der Waals surface area contributed by atoms with Gasteiger partial charge in [-0.05, 0) is 49.1 Å². The number of carbonyl (C=O) groups is 1. The number of benzene rings is 1. The van der Waals surface area contributed by atoms with Gasteiger partial charge in [0.15, 0.2) is 11.5 Å². The number of ether oxygens (including phenoxy) is 2. The van der Waals surface area contributed by atoms with Gasteiger partial charge in [-0.15, -0.1) is 11.8 Å². The smallest absolute Gasteiger partial charge is 0.253 e. The molecule has 0 N–H and O–H groups in total. The number of likely N-dealkylation sites (tertiary alicyclic amines) is 1. The van der Waals surface area contributed by atoms with E-state index in [1.54, 1.807) is 17.8 Å². The van der Waals surface area contributed by atoms with Crippen molar-refractivity contribution in [2.45, 2.75) is 17.9 Å². The van der Waals surface area contributed by atoms with Crippen LogP contribution in [0.25, 0.3) is 0 Å². The highest BCUT2D eigenvalue weighted by Crippen LogP contribution is 2.33. The number of amides is 1. The molecule has 130 valence electrons. The summed E-state index contributed by atoms with van der Waals surface area (Å²) >= 11 is 1.80. The summed E-state index contributed by atoms with van der Waals surface area (Å²) in [7, 11) is 0. The molecule has 3 heterocycles. The SMILES string of the molecule is O=C(c1ccc2c(c1)OCO2)N1CCC(CSc2ccccn2)CC1. The molecule has 2 aliphatic heterocycles. The predicted octanol–water partition coefficient (Wildman–Crippen LogP) is 3.45. The molecule has 0 radical (unpaired) electrons. The van der Waals surface area contributed by atoms with Crippen molar-refractivity contribution in [2.24, 2.45) is 5.92 Å². The molecule has 0 saturated carbocycles. The fourth-order valence-corrected chi connectivity index (χ4v) is 4.20. The lowest BCUT2D eigenvalue weighted by atomic mass is 9.98. The third-order valence-electron chi connectivity index (χ3n) is 4.63. The van der Waals surface area contributed by atoms with Gasteiger partial charge in [0.25, 0.3) is 5.91 Å². The van der Waals surface area contributed by atoms with Crippen LogP contribution in [0.4, 0.5) is 0 Å². The Kier molecular flexibility index (Phi) is 4.78. The number of carbonyl (C=O) groups excluding carboxylic acids is 1. The number of aromatic nitrogens is 1. The van der Waals surface area contributed by atoms with Gasteiger partial charge in [0.1, 0.15) is 0 Å². The Morgan fingerprint density at radius 1 is 1.16 bits per heavy atom. The van der Waals surface area contributed by atoms with Crippen LogP contribution < -0.4 is 9.47 Å². The van der Waals surface area contributed by atoms with E-state index in [0.29, 0.717) is 23.0 Å². The second kappa shape index (κ2) is 7.35. The van der Waals surface area contributed by atoms with Crippen molar-refractivity contribution in [3.05, 3.63) is 48.2 Å². The lowest BCUT2D eigenvalue weighted by Crippen LogP contribution is -2.39. The van der Waals surface area contributed by atoms with Crippen molar-refractivity contribution >= 4 is 17.7 Å². The first-order valence-electron chi connectivity index (χ1n) is 8.52. The second-order valence-corrected chi connectivity index (χ2v) is 7.32. The molecule has 1 aromatic carbocycles. The number of fused-ring (bicyclic) bond motifs is 1. The largest absolute Gasteiger partial charge is 0.454 e. The van der Waals surface area contributed by atoms with Crippen molar-refractivity contribution in [1.29, 1.82) is 0 Å². The summed E-state index contributed by atoms with van der Waals surface area (Å²) in [5.74, 6) is 3.14. The molecule has 0 aliphatic carbocycles. The lowest BCUT2D eigenvalue weighted by molar-refractivity contribution is 0.0698. The maximum atomic E-state index is 12.7. The zero-order valence-corrected chi connectivity index (χ0v) is 14.7. The maximum absolute atomic E-state index is 12.7. The van der Waals surface area contributed by atoms with Crippen LogP contribution in [-0.4, -0.2) is 41.4 Å². The molecule has 0 atom stereocenters. The van der Waals surface area contributed by atoms with Crippen LogP contribution in [0, 0.1) is 5.92 Å². The van der Waals surface area contributed by atoms with Crippen LogP contribution in [0.2, 0.25) is 0 Å². The molecule has 1 saturated heterocycles. The predicted molar refractivity (Wildman–Crippen MR) is 96.2 cm³/mol. The van der Waals surface area contributed by atoms with E-state index in [2.05, 4.69) is 4.98 Å². The Bertz CT molecular complexity index is 746. The second-order valence-electron chi connectivity index (χ2n) is 6.28. The van der Waals surface area contributed by atoms with Gasteiger partial charge in [0, 0.05) is 30.6 Å². The number of hydrogen-bond acceptors (Lipinski definition) is 5. The van der Waals surface area contributed by atoms with Gasteiger partial charge in [0.05, 0.1) is 5.03 Å². The zero-order chi connectivity index (χ0) is 17.1. The van der Waals surface area contributed by atoms with Gasteiger partial charge in [-0.1, -0.05) is 6.07 Å². The van der Waals surface area contributed by atoms with Gasteiger partial charge < -0.3 is 14.4 Å². The monoisotopic (exact) mass is 356 g/mol. The fraction of sp³-hybridized carbons (Fsp3) is 0.368. The summed E-state index contributed by atoms with van der Waals surface area (Å²) in [5.41, 5.74) is 0.672.